The molecule has 8 nitrogen and oxygen atoms in total. The average molecular weight is 314 g/mol. The van der Waals surface area contributed by atoms with Crippen LogP contribution >= 0.6 is 0 Å². The fourth-order valence-corrected chi connectivity index (χ4v) is 3.21. The predicted octanol–water partition coefficient (Wildman–Crippen LogP) is 0.620. The van der Waals surface area contributed by atoms with Crippen LogP contribution in [0.5, 0.6) is 0 Å². The molecule has 0 saturated carbocycles. The Kier molecular flexibility index (Phi) is 4.66. The summed E-state index contributed by atoms with van der Waals surface area (Å²) in [4.78, 5) is 20.8. The maximum absolute atomic E-state index is 12.3. The van der Waals surface area contributed by atoms with Crippen LogP contribution in [0.2, 0.25) is 0 Å². The molecule has 1 fully saturated rings. The highest BCUT2D eigenvalue weighted by atomic mass is 32.2. The normalized spacial score (nSPS) is 20.1. The molecule has 0 aliphatic carbocycles. The van der Waals surface area contributed by atoms with Crippen LogP contribution in [0, 0.1) is 10.1 Å². The maximum Gasteiger partial charge on any atom is 0.269 e. The molecule has 2 rings (SSSR count). The van der Waals surface area contributed by atoms with Gasteiger partial charge in [-0.25, -0.2) is 8.42 Å². The number of nitrogens with zero attached hydrogens (tertiary/aromatic N) is 1. The van der Waals surface area contributed by atoms with Crippen molar-refractivity contribution in [3.63, 3.8) is 0 Å². The van der Waals surface area contributed by atoms with E-state index in [9.17, 15) is 23.3 Å². The highest BCUT2D eigenvalue weighted by molar-refractivity contribution is 7.92. The van der Waals surface area contributed by atoms with E-state index in [2.05, 4.69) is 5.32 Å². The highest BCUT2D eigenvalue weighted by Gasteiger charge is 2.31. The molecule has 1 aromatic carbocycles. The van der Waals surface area contributed by atoms with Gasteiger partial charge in [-0.05, 0) is 31.5 Å². The van der Waals surface area contributed by atoms with Crippen molar-refractivity contribution in [3.05, 3.63) is 34.4 Å². The first kappa shape index (κ1) is 15.5. The molecule has 2 atom stereocenters. The lowest BCUT2D eigenvalue weighted by molar-refractivity contribution is -0.384. The molecule has 0 amide bonds. The number of rotatable bonds is 6. The number of hydrogen-bond acceptors (Lipinski definition) is 7. The minimum absolute atomic E-state index is 0.191. The lowest BCUT2D eigenvalue weighted by atomic mass is 10.3. The van der Waals surface area contributed by atoms with E-state index in [4.69, 9.17) is 4.74 Å². The predicted molar refractivity (Wildman–Crippen MR) is 72.2 cm³/mol. The standard InChI is InChI=1S/C12H14N2O6S/c15-8-12(20-11-2-1-7-13-11)21(18,19)10-5-3-9(4-6-10)14(16)17/h3-6,8,11-13H,1-2,7H2. The Labute approximate surface area is 121 Å². The van der Waals surface area contributed by atoms with Gasteiger partial charge >= 0.3 is 0 Å². The molecule has 2 unspecified atom stereocenters. The number of carbonyl (C=O) groups is 1. The van der Waals surface area contributed by atoms with Gasteiger partial charge in [-0.15, -0.1) is 0 Å². The Hall–Kier alpha value is -1.84. The van der Waals surface area contributed by atoms with Crippen LogP contribution in [-0.4, -0.2) is 37.8 Å². The van der Waals surface area contributed by atoms with E-state index in [1.807, 2.05) is 0 Å². The molecule has 1 aliphatic heterocycles. The summed E-state index contributed by atoms with van der Waals surface area (Å²) in [6, 6.07) is 4.33. The van der Waals surface area contributed by atoms with Crippen molar-refractivity contribution in [2.24, 2.45) is 0 Å². The first-order chi connectivity index (χ1) is 9.95. The number of nitro groups is 1. The summed E-state index contributed by atoms with van der Waals surface area (Å²) < 4.78 is 29.8. The van der Waals surface area contributed by atoms with Crippen molar-refractivity contribution in [2.75, 3.05) is 6.54 Å². The van der Waals surface area contributed by atoms with Crippen LogP contribution in [0.15, 0.2) is 29.2 Å². The molecule has 9 heteroatoms. The number of sulfone groups is 1. The second-order valence-corrected chi connectivity index (χ2v) is 6.55. The van der Waals surface area contributed by atoms with Crippen LogP contribution in [0.25, 0.3) is 0 Å². The van der Waals surface area contributed by atoms with Crippen molar-refractivity contribution < 1.29 is 22.9 Å². The largest absolute Gasteiger partial charge is 0.336 e. The second-order valence-electron chi connectivity index (χ2n) is 4.52. The van der Waals surface area contributed by atoms with E-state index in [0.29, 0.717) is 13.0 Å². The minimum Gasteiger partial charge on any atom is -0.336 e. The lowest BCUT2D eigenvalue weighted by Crippen LogP contribution is -2.35. The Bertz CT molecular complexity index is 622. The Morgan fingerprint density at radius 3 is 2.52 bits per heavy atom. The molecule has 0 radical (unpaired) electrons. The van der Waals surface area contributed by atoms with Gasteiger partial charge in [0.1, 0.15) is 6.23 Å². The highest BCUT2D eigenvalue weighted by Crippen LogP contribution is 2.21. The molecular weight excluding hydrogens is 300 g/mol. The second kappa shape index (κ2) is 6.29. The van der Waals surface area contributed by atoms with Gasteiger partial charge in [-0.1, -0.05) is 0 Å². The number of hydrogen-bond donors (Lipinski definition) is 1. The third kappa shape index (κ3) is 3.43. The van der Waals surface area contributed by atoms with Gasteiger partial charge in [0.25, 0.3) is 5.69 Å². The lowest BCUT2D eigenvalue weighted by Gasteiger charge is -2.17. The van der Waals surface area contributed by atoms with Crippen molar-refractivity contribution >= 4 is 21.8 Å². The summed E-state index contributed by atoms with van der Waals surface area (Å²) in [6.45, 7) is 0.702. The van der Waals surface area contributed by atoms with Crippen molar-refractivity contribution in [3.8, 4) is 0 Å². The Balaban J connectivity index is 2.21. The van der Waals surface area contributed by atoms with Gasteiger partial charge in [-0.3, -0.25) is 20.2 Å². The van der Waals surface area contributed by atoms with Gasteiger partial charge in [0.2, 0.25) is 15.3 Å². The number of nitro benzene ring substituents is 1. The summed E-state index contributed by atoms with van der Waals surface area (Å²) in [7, 11) is -4.03. The zero-order valence-corrected chi connectivity index (χ0v) is 11.8. The number of aldehydes is 1. The number of carbonyl (C=O) groups excluding carboxylic acids is 1. The van der Waals surface area contributed by atoms with Crippen LogP contribution < -0.4 is 5.32 Å². The van der Waals surface area contributed by atoms with Gasteiger partial charge in [0.15, 0.2) is 6.29 Å². The van der Waals surface area contributed by atoms with E-state index in [0.717, 1.165) is 30.7 Å². The minimum atomic E-state index is -4.03. The third-order valence-corrected chi connectivity index (χ3v) is 4.87. The van der Waals surface area contributed by atoms with E-state index in [1.54, 1.807) is 0 Å². The Morgan fingerprint density at radius 2 is 2.05 bits per heavy atom. The molecule has 114 valence electrons. The summed E-state index contributed by atoms with van der Waals surface area (Å²) in [5, 5.41) is 13.5. The molecule has 1 heterocycles. The van der Waals surface area contributed by atoms with Crippen LogP contribution in [0.3, 0.4) is 0 Å². The van der Waals surface area contributed by atoms with Crippen LogP contribution in [-0.2, 0) is 19.4 Å². The van der Waals surface area contributed by atoms with Crippen molar-refractivity contribution in [1.82, 2.24) is 5.32 Å². The number of nitrogens with one attached hydrogen (secondary N) is 1. The van der Waals surface area contributed by atoms with Gasteiger partial charge in [-0.2, -0.15) is 0 Å². The topological polar surface area (TPSA) is 116 Å². The van der Waals surface area contributed by atoms with Gasteiger partial charge < -0.3 is 4.74 Å². The summed E-state index contributed by atoms with van der Waals surface area (Å²) in [6.07, 6.45) is 1.21. The number of ether oxygens (including phenoxy) is 1. The quantitative estimate of drug-likeness (QED) is 0.465. The SMILES string of the molecule is O=CC(OC1CCCN1)S(=O)(=O)c1ccc([N+](=O)[O-])cc1. The van der Waals surface area contributed by atoms with E-state index < -0.39 is 26.4 Å². The number of non-ortho nitro benzene ring substituents is 1. The van der Waals surface area contributed by atoms with Crippen LogP contribution in [0.1, 0.15) is 12.8 Å². The molecule has 0 aromatic heterocycles. The van der Waals surface area contributed by atoms with Gasteiger partial charge in [0, 0.05) is 12.1 Å². The molecule has 1 N–H and O–H groups in total. The van der Waals surface area contributed by atoms with E-state index in [1.165, 1.54) is 0 Å². The molecule has 1 aromatic rings. The molecule has 0 spiro atoms. The molecule has 1 saturated heterocycles. The van der Waals surface area contributed by atoms with Crippen molar-refractivity contribution in [2.45, 2.75) is 29.4 Å². The van der Waals surface area contributed by atoms with Gasteiger partial charge in [0.05, 0.1) is 9.82 Å². The molecule has 0 bridgehead atoms. The maximum atomic E-state index is 12.3. The van der Waals surface area contributed by atoms with Crippen molar-refractivity contribution in [1.29, 1.82) is 0 Å². The molecule has 1 aliphatic rings. The molecule has 21 heavy (non-hydrogen) atoms. The summed E-state index contributed by atoms with van der Waals surface area (Å²) >= 11 is 0. The zero-order chi connectivity index (χ0) is 15.5. The number of benzene rings is 1. The summed E-state index contributed by atoms with van der Waals surface area (Å²) in [5.41, 5.74) is -1.86. The smallest absolute Gasteiger partial charge is 0.269 e. The first-order valence-corrected chi connectivity index (χ1v) is 7.82. The average Bonchev–Trinajstić information content (AvgIpc) is 2.97. The molecular formula is C12H14N2O6S. The fraction of sp³-hybridized carbons (Fsp3) is 0.417. The first-order valence-electron chi connectivity index (χ1n) is 6.27. The fourth-order valence-electron chi connectivity index (χ4n) is 2.00. The van der Waals surface area contributed by atoms with Crippen LogP contribution in [0.4, 0.5) is 5.69 Å². The zero-order valence-electron chi connectivity index (χ0n) is 11.0. The summed E-state index contributed by atoms with van der Waals surface area (Å²) in [5.74, 6) is 0. The van der Waals surface area contributed by atoms with E-state index in [-0.39, 0.29) is 16.9 Å². The Morgan fingerprint density at radius 1 is 1.38 bits per heavy atom. The van der Waals surface area contributed by atoms with E-state index >= 15 is 0 Å². The third-order valence-electron chi connectivity index (χ3n) is 3.11. The monoisotopic (exact) mass is 314 g/mol.